The highest BCUT2D eigenvalue weighted by Gasteiger charge is 2.64. The van der Waals surface area contributed by atoms with Gasteiger partial charge in [0, 0.05) is 45.0 Å². The van der Waals surface area contributed by atoms with Gasteiger partial charge in [-0.3, -0.25) is 24.1 Å². The van der Waals surface area contributed by atoms with E-state index in [1.807, 2.05) is 20.8 Å². The second-order valence-corrected chi connectivity index (χ2v) is 12.0. The quantitative estimate of drug-likeness (QED) is 0.177. The summed E-state index contributed by atoms with van der Waals surface area (Å²) in [5.74, 6) is -11.9. The van der Waals surface area contributed by atoms with Gasteiger partial charge in [-0.2, -0.15) is 0 Å². The highest BCUT2D eigenvalue weighted by Crippen LogP contribution is 2.54. The van der Waals surface area contributed by atoms with E-state index in [9.17, 15) is 39.6 Å². The third-order valence-corrected chi connectivity index (χ3v) is 7.83. The molecule has 2 amide bonds. The molecule has 1 aromatic carbocycles. The molecule has 1 aromatic rings. The predicted octanol–water partition coefficient (Wildman–Crippen LogP) is 0.357. The molecule has 0 spiro atoms. The Kier molecular flexibility index (Phi) is 5.61. The molecule has 1 saturated carbocycles. The molecule has 228 valence electrons. The number of carbonyl (C=O) groups excluding carboxylic acids is 4. The number of carbonyl (C=O) groups is 4. The van der Waals surface area contributed by atoms with E-state index in [0.29, 0.717) is 0 Å². The molecule has 3 aliphatic rings. The number of nitrogens with one attached hydrogen (secondary N) is 2. The molecule has 13 heteroatoms. The summed E-state index contributed by atoms with van der Waals surface area (Å²) in [5, 5.41) is 51.5. The van der Waals surface area contributed by atoms with E-state index >= 15 is 0 Å². The fraction of sp³-hybridized carbons (Fsp3) is 0.517. The standard InChI is InChI=1S/C29H39N5O8/c1-28(2,3)31-11-17(35)32-15-10-16(33(4)5)13-8-12-9-14-21(34(6)7)24(38)20(27(30)41)26(40)29(14,42)25(39)18(12)23(37)19(13)22(15)36/h10,12,14,21,31,36-37,40,42H,8-9,11H2,1-7H3,(H2,30,41)(H,32,35)/t12-,14-,21-,29-/m0/s1/i6D3,7D3,10D. The van der Waals surface area contributed by atoms with Crippen molar-refractivity contribution in [1.29, 1.82) is 0 Å². The lowest BCUT2D eigenvalue weighted by atomic mass is 9.57. The van der Waals surface area contributed by atoms with Crippen LogP contribution in [0.5, 0.6) is 5.75 Å². The maximum atomic E-state index is 14.3. The van der Waals surface area contributed by atoms with Crippen LogP contribution in [0, 0.1) is 11.8 Å². The number of aliphatic hydroxyl groups is 3. The lowest BCUT2D eigenvalue weighted by Crippen LogP contribution is -2.65. The van der Waals surface area contributed by atoms with Crippen molar-refractivity contribution in [2.75, 3.05) is 44.8 Å². The number of likely N-dealkylation sites (N-methyl/N-ethyl adjacent to an activating group) is 1. The van der Waals surface area contributed by atoms with Crippen LogP contribution in [-0.4, -0.2) is 100 Å². The fourth-order valence-corrected chi connectivity index (χ4v) is 5.93. The molecular formula is C29H39N5O8. The zero-order chi connectivity index (χ0) is 37.5. The molecule has 0 saturated heterocycles. The minimum absolute atomic E-state index is 0.0902. The number of nitrogens with two attached hydrogens (primary N) is 1. The van der Waals surface area contributed by atoms with Crippen LogP contribution in [0.3, 0.4) is 0 Å². The average molecular weight is 593 g/mol. The molecule has 42 heavy (non-hydrogen) atoms. The van der Waals surface area contributed by atoms with E-state index in [1.54, 1.807) is 0 Å². The summed E-state index contributed by atoms with van der Waals surface area (Å²) in [6.45, 7) is -1.92. The maximum Gasteiger partial charge on any atom is 0.255 e. The molecule has 4 rings (SSSR count). The van der Waals surface area contributed by atoms with Gasteiger partial charge in [-0.25, -0.2) is 0 Å². The van der Waals surface area contributed by atoms with Gasteiger partial charge in [0.15, 0.2) is 11.4 Å². The highest BCUT2D eigenvalue weighted by molar-refractivity contribution is 6.24. The largest absolute Gasteiger partial charge is 0.508 e. The van der Waals surface area contributed by atoms with Crippen LogP contribution in [-0.2, 0) is 25.6 Å². The van der Waals surface area contributed by atoms with Crippen LogP contribution in [0.15, 0.2) is 22.9 Å². The number of ketones is 2. The summed E-state index contributed by atoms with van der Waals surface area (Å²) in [6.07, 6.45) is -0.885. The van der Waals surface area contributed by atoms with Gasteiger partial charge < -0.3 is 41.7 Å². The first-order valence-electron chi connectivity index (χ1n) is 16.6. The number of phenolic OH excluding ortho intramolecular Hbond substituents is 1. The number of rotatable bonds is 6. The molecule has 1 fully saturated rings. The maximum absolute atomic E-state index is 14.3. The zero-order valence-corrected chi connectivity index (χ0v) is 23.7. The number of hydrogen-bond acceptors (Lipinski definition) is 11. The Morgan fingerprint density at radius 3 is 2.40 bits per heavy atom. The van der Waals surface area contributed by atoms with Crippen LogP contribution >= 0.6 is 0 Å². The number of fused-ring (bicyclic) bond motifs is 3. The molecule has 8 N–H and O–H groups in total. The molecule has 0 aliphatic heterocycles. The molecule has 0 heterocycles. The summed E-state index contributed by atoms with van der Waals surface area (Å²) in [7, 11) is 3.07. The number of hydrogen-bond donors (Lipinski definition) is 7. The number of phenols is 1. The Hall–Kier alpha value is -3.94. The van der Waals surface area contributed by atoms with Gasteiger partial charge in [-0.15, -0.1) is 0 Å². The summed E-state index contributed by atoms with van der Waals surface area (Å²) in [6, 6.07) is -2.78. The monoisotopic (exact) mass is 592 g/mol. The Balaban J connectivity index is 1.99. The van der Waals surface area contributed by atoms with Crippen LogP contribution in [0.25, 0.3) is 5.76 Å². The lowest BCUT2D eigenvalue weighted by Gasteiger charge is -2.50. The molecule has 0 radical (unpaired) electrons. The van der Waals surface area contributed by atoms with E-state index < -0.39 is 112 Å². The van der Waals surface area contributed by atoms with Gasteiger partial charge in [0.25, 0.3) is 5.91 Å². The van der Waals surface area contributed by atoms with E-state index in [0.717, 1.165) is 0 Å². The minimum Gasteiger partial charge on any atom is -0.508 e. The number of nitrogens with zero attached hydrogens (tertiary/aromatic N) is 2. The van der Waals surface area contributed by atoms with Crippen molar-refractivity contribution in [3.05, 3.63) is 34.1 Å². The van der Waals surface area contributed by atoms with Crippen molar-refractivity contribution in [3.63, 3.8) is 0 Å². The Labute approximate surface area is 253 Å². The molecule has 0 unspecified atom stereocenters. The van der Waals surface area contributed by atoms with Gasteiger partial charge in [0.05, 0.1) is 25.2 Å². The van der Waals surface area contributed by atoms with E-state index in [4.69, 9.17) is 15.3 Å². The lowest BCUT2D eigenvalue weighted by molar-refractivity contribution is -0.153. The Bertz CT molecular complexity index is 1700. The topological polar surface area (TPSA) is 206 Å². The second-order valence-electron chi connectivity index (χ2n) is 12.0. The third kappa shape index (κ3) is 4.80. The van der Waals surface area contributed by atoms with Crippen molar-refractivity contribution in [3.8, 4) is 5.75 Å². The first-order valence-corrected chi connectivity index (χ1v) is 13.1. The number of aromatic hydroxyl groups is 1. The Morgan fingerprint density at radius 1 is 1.21 bits per heavy atom. The second kappa shape index (κ2) is 10.4. The Morgan fingerprint density at radius 2 is 1.86 bits per heavy atom. The van der Waals surface area contributed by atoms with Crippen molar-refractivity contribution in [2.24, 2.45) is 17.6 Å². The third-order valence-electron chi connectivity index (χ3n) is 7.83. The van der Waals surface area contributed by atoms with E-state index in [2.05, 4.69) is 10.6 Å². The van der Waals surface area contributed by atoms with Crippen LogP contribution < -0.4 is 21.3 Å². The summed E-state index contributed by atoms with van der Waals surface area (Å²) < 4.78 is 56.4. The molecule has 3 aliphatic carbocycles. The molecular weight excluding hydrogens is 546 g/mol. The van der Waals surface area contributed by atoms with Gasteiger partial charge in [0.1, 0.15) is 22.8 Å². The van der Waals surface area contributed by atoms with Crippen LogP contribution in [0.2, 0.25) is 0 Å². The molecule has 0 bridgehead atoms. The number of benzene rings is 1. The van der Waals surface area contributed by atoms with E-state index in [-0.39, 0.29) is 35.2 Å². The van der Waals surface area contributed by atoms with Crippen molar-refractivity contribution >= 4 is 40.5 Å². The first kappa shape index (κ1) is 22.6. The summed E-state index contributed by atoms with van der Waals surface area (Å²) in [5.41, 5.74) is -1.11. The number of aliphatic hydroxyl groups excluding tert-OH is 2. The van der Waals surface area contributed by atoms with Crippen molar-refractivity contribution in [1.82, 2.24) is 10.2 Å². The van der Waals surface area contributed by atoms with Gasteiger partial charge >= 0.3 is 0 Å². The normalized spacial score (nSPS) is 28.7. The number of primary amides is 1. The fourth-order valence-electron chi connectivity index (χ4n) is 5.93. The molecule has 13 nitrogen and oxygen atoms in total. The van der Waals surface area contributed by atoms with Gasteiger partial charge in [0.2, 0.25) is 11.7 Å². The number of amides is 2. The van der Waals surface area contributed by atoms with Gasteiger partial charge in [-0.05, 0) is 65.1 Å². The SMILES string of the molecule is [2H]c1c(NC(=O)CNC(C)(C)C)c(O)c2c(c1N(C)C)C[C@H]1C[C@H]3[C@H](N(C([2H])([2H])[2H])C([2H])([2H])[2H])C(=O)C(C(N)=O)=C(O)[C@@]3(O)C(=O)C1=C2O. The number of anilines is 2. The van der Waals surface area contributed by atoms with Crippen molar-refractivity contribution < 1.29 is 49.2 Å². The average Bonchev–Trinajstić information content (AvgIpc) is 2.91. The summed E-state index contributed by atoms with van der Waals surface area (Å²) in [4.78, 5) is 54.4. The predicted molar refractivity (Wildman–Crippen MR) is 155 cm³/mol. The van der Waals surface area contributed by atoms with E-state index in [1.165, 1.54) is 19.0 Å². The highest BCUT2D eigenvalue weighted by atomic mass is 16.3. The molecule has 4 atom stereocenters. The van der Waals surface area contributed by atoms with Crippen molar-refractivity contribution in [2.45, 2.75) is 50.8 Å². The van der Waals surface area contributed by atoms with Crippen LogP contribution in [0.1, 0.15) is 47.9 Å². The smallest absolute Gasteiger partial charge is 0.255 e. The summed E-state index contributed by atoms with van der Waals surface area (Å²) >= 11 is 0. The number of Topliss-reactive ketones (excluding diaryl/α,β-unsaturated/α-hetero) is 2. The van der Waals surface area contributed by atoms with Gasteiger partial charge in [-0.1, -0.05) is 0 Å². The van der Waals surface area contributed by atoms with Crippen LogP contribution in [0.4, 0.5) is 11.4 Å². The molecule has 0 aromatic heterocycles. The zero-order valence-electron chi connectivity index (χ0n) is 30.7. The minimum atomic E-state index is -3.56. The first-order chi connectivity index (χ1) is 22.2.